The highest BCUT2D eigenvalue weighted by Gasteiger charge is 2.33. The Hall–Kier alpha value is -1.12. The summed E-state index contributed by atoms with van der Waals surface area (Å²) in [4.78, 5) is 9.13. The Morgan fingerprint density at radius 3 is 2.90 bits per heavy atom. The fourth-order valence-corrected chi connectivity index (χ4v) is 2.25. The third kappa shape index (κ3) is 4.69. The van der Waals surface area contributed by atoms with Gasteiger partial charge >= 0.3 is 6.18 Å². The summed E-state index contributed by atoms with van der Waals surface area (Å²) >= 11 is 5.52. The van der Waals surface area contributed by atoms with Crippen LogP contribution in [0.5, 0.6) is 0 Å². The summed E-state index contributed by atoms with van der Waals surface area (Å²) in [5.41, 5.74) is -1.07. The van der Waals surface area contributed by atoms with Crippen molar-refractivity contribution in [3.8, 4) is 0 Å². The molecule has 2 heterocycles. The number of alkyl halides is 3. The van der Waals surface area contributed by atoms with E-state index >= 15 is 0 Å². The van der Waals surface area contributed by atoms with E-state index in [0.29, 0.717) is 13.2 Å². The molecule has 0 aliphatic carbocycles. The van der Waals surface area contributed by atoms with Crippen molar-refractivity contribution >= 4 is 17.4 Å². The molecule has 1 fully saturated rings. The Kier molecular flexibility index (Phi) is 5.23. The van der Waals surface area contributed by atoms with E-state index in [1.165, 1.54) is 0 Å². The second-order valence-corrected chi connectivity index (χ2v) is 5.01. The van der Waals surface area contributed by atoms with Crippen LogP contribution < -0.4 is 5.32 Å². The van der Waals surface area contributed by atoms with Crippen molar-refractivity contribution in [1.29, 1.82) is 0 Å². The van der Waals surface area contributed by atoms with Gasteiger partial charge in [0.15, 0.2) is 5.69 Å². The summed E-state index contributed by atoms with van der Waals surface area (Å²) in [5.74, 6) is 0.0412. The lowest BCUT2D eigenvalue weighted by Gasteiger charge is -2.32. The number of halogens is 4. The fraction of sp³-hybridized carbons (Fsp3) is 0.667. The summed E-state index contributed by atoms with van der Waals surface area (Å²) in [6, 6.07) is 0.840. The normalized spacial score (nSPS) is 20.5. The van der Waals surface area contributed by atoms with Gasteiger partial charge in [-0.2, -0.15) is 13.2 Å². The number of aromatic nitrogens is 2. The van der Waals surface area contributed by atoms with Crippen molar-refractivity contribution in [2.24, 2.45) is 0 Å². The first-order valence-corrected chi connectivity index (χ1v) is 6.96. The fourth-order valence-electron chi connectivity index (χ4n) is 2.06. The van der Waals surface area contributed by atoms with Crippen LogP contribution in [0.25, 0.3) is 0 Å². The molecule has 118 valence electrons. The van der Waals surface area contributed by atoms with Gasteiger partial charge in [-0.15, -0.1) is 0 Å². The van der Waals surface area contributed by atoms with E-state index in [-0.39, 0.29) is 11.9 Å². The molecule has 0 amide bonds. The summed E-state index contributed by atoms with van der Waals surface area (Å²) in [5, 5.41) is 2.39. The van der Waals surface area contributed by atoms with Crippen LogP contribution in [0, 0.1) is 0 Å². The number of anilines is 1. The summed E-state index contributed by atoms with van der Waals surface area (Å²) in [6.45, 7) is 5.53. The minimum absolute atomic E-state index is 0.0412. The van der Waals surface area contributed by atoms with Crippen molar-refractivity contribution in [3.05, 3.63) is 17.0 Å². The van der Waals surface area contributed by atoms with Crippen LogP contribution in [0.2, 0.25) is 5.28 Å². The van der Waals surface area contributed by atoms with Gasteiger partial charge in [-0.05, 0) is 18.1 Å². The molecule has 0 aromatic carbocycles. The van der Waals surface area contributed by atoms with Gasteiger partial charge in [-0.3, -0.25) is 4.90 Å². The highest BCUT2D eigenvalue weighted by molar-refractivity contribution is 6.28. The molecule has 1 atom stereocenters. The van der Waals surface area contributed by atoms with Crippen molar-refractivity contribution in [1.82, 2.24) is 14.9 Å². The largest absolute Gasteiger partial charge is 0.433 e. The van der Waals surface area contributed by atoms with E-state index in [9.17, 15) is 13.2 Å². The quantitative estimate of drug-likeness (QED) is 0.861. The van der Waals surface area contributed by atoms with E-state index in [0.717, 1.165) is 25.7 Å². The average Bonchev–Trinajstić information content (AvgIpc) is 2.44. The van der Waals surface area contributed by atoms with Crippen LogP contribution in [-0.4, -0.2) is 53.8 Å². The van der Waals surface area contributed by atoms with Crippen LogP contribution in [0.3, 0.4) is 0 Å². The predicted octanol–water partition coefficient (Wildman–Crippen LogP) is 2.28. The zero-order valence-corrected chi connectivity index (χ0v) is 12.2. The third-order valence-corrected chi connectivity index (χ3v) is 3.34. The Labute approximate surface area is 125 Å². The third-order valence-electron chi connectivity index (χ3n) is 3.17. The maximum absolute atomic E-state index is 12.6. The van der Waals surface area contributed by atoms with Gasteiger partial charge in [0.05, 0.1) is 12.7 Å². The lowest BCUT2D eigenvalue weighted by Crippen LogP contribution is -2.45. The standard InChI is InChI=1S/C12H16ClF3N4O/c1-2-20-3-4-21-8(7-20)6-17-10-5-9(12(14,15)16)18-11(13)19-10/h5,8H,2-4,6-7H2,1H3,(H,17,18,19). The maximum Gasteiger partial charge on any atom is 0.433 e. The molecule has 1 N–H and O–H groups in total. The first-order valence-electron chi connectivity index (χ1n) is 6.58. The number of rotatable bonds is 4. The topological polar surface area (TPSA) is 50.3 Å². The molecule has 9 heteroatoms. The van der Waals surface area contributed by atoms with Crippen LogP contribution in [0.15, 0.2) is 6.07 Å². The highest BCUT2D eigenvalue weighted by atomic mass is 35.5. The van der Waals surface area contributed by atoms with Gasteiger partial charge in [0.2, 0.25) is 5.28 Å². The molecule has 1 aromatic heterocycles. The van der Waals surface area contributed by atoms with Crippen LogP contribution in [0.4, 0.5) is 19.0 Å². The van der Waals surface area contributed by atoms with Crippen molar-refractivity contribution in [3.63, 3.8) is 0 Å². The molecule has 5 nitrogen and oxygen atoms in total. The number of likely N-dealkylation sites (N-methyl/N-ethyl adjacent to an activating group) is 1. The smallest absolute Gasteiger partial charge is 0.374 e. The van der Waals surface area contributed by atoms with Crippen LogP contribution >= 0.6 is 11.6 Å². The average molecular weight is 325 g/mol. The molecule has 1 unspecified atom stereocenters. The van der Waals surface area contributed by atoms with Crippen molar-refractivity contribution in [2.75, 3.05) is 38.1 Å². The molecule has 21 heavy (non-hydrogen) atoms. The van der Waals surface area contributed by atoms with E-state index in [4.69, 9.17) is 16.3 Å². The lowest BCUT2D eigenvalue weighted by atomic mass is 10.2. The Balaban J connectivity index is 1.98. The number of morpholine rings is 1. The van der Waals surface area contributed by atoms with Crippen molar-refractivity contribution < 1.29 is 17.9 Å². The summed E-state index contributed by atoms with van der Waals surface area (Å²) in [7, 11) is 0. The summed E-state index contributed by atoms with van der Waals surface area (Å²) < 4.78 is 43.5. The van der Waals surface area contributed by atoms with Crippen molar-refractivity contribution in [2.45, 2.75) is 19.2 Å². The molecule has 0 bridgehead atoms. The molecule has 1 saturated heterocycles. The molecule has 0 radical (unpaired) electrons. The second-order valence-electron chi connectivity index (χ2n) is 4.67. The number of hydrogen-bond donors (Lipinski definition) is 1. The van der Waals surface area contributed by atoms with Gasteiger partial charge in [0.1, 0.15) is 5.82 Å². The Morgan fingerprint density at radius 1 is 1.48 bits per heavy atom. The SMILES string of the molecule is CCN1CCOC(CNc2cc(C(F)(F)F)nc(Cl)n2)C1. The zero-order valence-electron chi connectivity index (χ0n) is 11.5. The summed E-state index contributed by atoms with van der Waals surface area (Å²) in [6.07, 6.45) is -4.65. The molecule has 0 saturated carbocycles. The Bertz CT molecular complexity index is 486. The monoisotopic (exact) mass is 324 g/mol. The molecule has 2 rings (SSSR count). The number of ether oxygens (including phenoxy) is 1. The van der Waals surface area contributed by atoms with Gasteiger partial charge in [-0.1, -0.05) is 6.92 Å². The molecule has 0 spiro atoms. The van der Waals surface area contributed by atoms with E-state index in [1.807, 2.05) is 0 Å². The molecular weight excluding hydrogens is 309 g/mol. The minimum Gasteiger partial charge on any atom is -0.374 e. The van der Waals surface area contributed by atoms with Gasteiger partial charge in [-0.25, -0.2) is 9.97 Å². The highest BCUT2D eigenvalue weighted by Crippen LogP contribution is 2.29. The van der Waals surface area contributed by atoms with Gasteiger partial charge < -0.3 is 10.1 Å². The first kappa shape index (κ1) is 16.3. The predicted molar refractivity (Wildman–Crippen MR) is 72.4 cm³/mol. The number of nitrogens with zero attached hydrogens (tertiary/aromatic N) is 3. The Morgan fingerprint density at radius 2 is 2.24 bits per heavy atom. The lowest BCUT2D eigenvalue weighted by molar-refractivity contribution is -0.141. The van der Waals surface area contributed by atoms with E-state index in [2.05, 4.69) is 27.1 Å². The van der Waals surface area contributed by atoms with Gasteiger partial charge in [0.25, 0.3) is 0 Å². The first-order chi connectivity index (χ1) is 9.88. The number of hydrogen-bond acceptors (Lipinski definition) is 5. The second kappa shape index (κ2) is 6.76. The minimum atomic E-state index is -4.55. The van der Waals surface area contributed by atoms with Crippen LogP contribution in [0.1, 0.15) is 12.6 Å². The van der Waals surface area contributed by atoms with E-state index in [1.54, 1.807) is 0 Å². The molecular formula is C12H16ClF3N4O. The van der Waals surface area contributed by atoms with E-state index < -0.39 is 17.2 Å². The molecule has 1 aliphatic rings. The zero-order chi connectivity index (χ0) is 15.5. The van der Waals surface area contributed by atoms with Crippen LogP contribution in [-0.2, 0) is 10.9 Å². The van der Waals surface area contributed by atoms with Gasteiger partial charge in [0, 0.05) is 25.7 Å². The molecule has 1 aliphatic heterocycles. The number of nitrogens with one attached hydrogen (secondary N) is 1. The molecule has 1 aromatic rings. The maximum atomic E-state index is 12.6.